The van der Waals surface area contributed by atoms with Gasteiger partial charge >= 0.3 is 12.0 Å². The summed E-state index contributed by atoms with van der Waals surface area (Å²) in [6.07, 6.45) is -0.616. The van der Waals surface area contributed by atoms with Gasteiger partial charge in [0.15, 0.2) is 0 Å². The van der Waals surface area contributed by atoms with Crippen molar-refractivity contribution in [1.82, 2.24) is 9.80 Å². The minimum absolute atomic E-state index is 0.0199. The van der Waals surface area contributed by atoms with Crippen LogP contribution in [0.2, 0.25) is 0 Å². The van der Waals surface area contributed by atoms with Gasteiger partial charge in [-0.2, -0.15) is 0 Å². The SMILES string of the molecule is CC1CN(C(=O)N2CC(O)C[C@H]2C(=O)O)CCC1O. The number of amides is 2. The third-order valence-electron chi connectivity index (χ3n) is 3.94. The molecule has 2 heterocycles. The lowest BCUT2D eigenvalue weighted by molar-refractivity contribution is -0.141. The Bertz CT molecular complexity index is 375. The molecule has 108 valence electrons. The summed E-state index contributed by atoms with van der Waals surface area (Å²) in [7, 11) is 0. The van der Waals surface area contributed by atoms with Gasteiger partial charge in [0, 0.05) is 26.1 Å². The quantitative estimate of drug-likeness (QED) is 0.587. The van der Waals surface area contributed by atoms with E-state index < -0.39 is 24.2 Å². The molecule has 0 radical (unpaired) electrons. The van der Waals surface area contributed by atoms with Crippen molar-refractivity contribution in [1.29, 1.82) is 0 Å². The highest BCUT2D eigenvalue weighted by molar-refractivity contribution is 5.83. The maximum absolute atomic E-state index is 12.3. The zero-order chi connectivity index (χ0) is 14.2. The van der Waals surface area contributed by atoms with Crippen LogP contribution in [0.4, 0.5) is 4.79 Å². The predicted octanol–water partition coefficient (Wildman–Crippen LogP) is -0.671. The maximum Gasteiger partial charge on any atom is 0.326 e. The van der Waals surface area contributed by atoms with Gasteiger partial charge in [0.25, 0.3) is 0 Å². The first-order chi connectivity index (χ1) is 8.90. The highest BCUT2D eigenvalue weighted by Crippen LogP contribution is 2.23. The minimum Gasteiger partial charge on any atom is -0.480 e. The van der Waals surface area contributed by atoms with Crippen molar-refractivity contribution in [2.24, 2.45) is 5.92 Å². The van der Waals surface area contributed by atoms with Crippen molar-refractivity contribution in [2.75, 3.05) is 19.6 Å². The number of hydrogen-bond donors (Lipinski definition) is 3. The van der Waals surface area contributed by atoms with Crippen molar-refractivity contribution >= 4 is 12.0 Å². The van der Waals surface area contributed by atoms with Crippen molar-refractivity contribution in [3.63, 3.8) is 0 Å². The summed E-state index contributed by atoms with van der Waals surface area (Å²) in [5.74, 6) is -1.11. The smallest absolute Gasteiger partial charge is 0.326 e. The Balaban J connectivity index is 2.04. The normalized spacial score (nSPS) is 35.5. The Kier molecular flexibility index (Phi) is 3.96. The van der Waals surface area contributed by atoms with E-state index >= 15 is 0 Å². The highest BCUT2D eigenvalue weighted by Gasteiger charge is 2.41. The number of hydrogen-bond acceptors (Lipinski definition) is 4. The second kappa shape index (κ2) is 5.34. The Morgan fingerprint density at radius 3 is 2.47 bits per heavy atom. The molecule has 3 N–H and O–H groups in total. The van der Waals surface area contributed by atoms with Gasteiger partial charge < -0.3 is 25.1 Å². The molecule has 4 atom stereocenters. The van der Waals surface area contributed by atoms with Gasteiger partial charge in [-0.05, 0) is 12.3 Å². The Hall–Kier alpha value is -1.34. The molecule has 2 amide bonds. The number of carbonyl (C=O) groups excluding carboxylic acids is 1. The molecule has 2 fully saturated rings. The number of carbonyl (C=O) groups is 2. The number of rotatable bonds is 1. The van der Waals surface area contributed by atoms with Crippen LogP contribution in [0.3, 0.4) is 0 Å². The van der Waals surface area contributed by atoms with Crippen LogP contribution in [0.25, 0.3) is 0 Å². The largest absolute Gasteiger partial charge is 0.480 e. The molecule has 2 rings (SSSR count). The van der Waals surface area contributed by atoms with Crippen LogP contribution in [0.1, 0.15) is 19.8 Å². The summed E-state index contributed by atoms with van der Waals surface area (Å²) in [4.78, 5) is 26.2. The number of carboxylic acids is 1. The first kappa shape index (κ1) is 14.1. The third kappa shape index (κ3) is 2.82. The lowest BCUT2D eigenvalue weighted by Gasteiger charge is -2.37. The van der Waals surface area contributed by atoms with Gasteiger partial charge in [-0.25, -0.2) is 9.59 Å². The molecular weight excluding hydrogens is 252 g/mol. The molecule has 7 heteroatoms. The van der Waals surface area contributed by atoms with E-state index in [1.165, 1.54) is 4.90 Å². The molecule has 2 aliphatic rings. The van der Waals surface area contributed by atoms with Crippen LogP contribution >= 0.6 is 0 Å². The monoisotopic (exact) mass is 272 g/mol. The van der Waals surface area contributed by atoms with Crippen molar-refractivity contribution in [3.8, 4) is 0 Å². The number of β-amino-alcohol motifs (C(OH)–C–C–N with tert-alkyl or cyclic N) is 1. The van der Waals surface area contributed by atoms with E-state index in [-0.39, 0.29) is 24.9 Å². The Morgan fingerprint density at radius 2 is 1.89 bits per heavy atom. The molecule has 19 heavy (non-hydrogen) atoms. The Morgan fingerprint density at radius 1 is 1.21 bits per heavy atom. The van der Waals surface area contributed by atoms with Crippen molar-refractivity contribution < 1.29 is 24.9 Å². The van der Waals surface area contributed by atoms with Crippen molar-refractivity contribution in [2.45, 2.75) is 38.0 Å². The molecule has 0 aliphatic carbocycles. The second-order valence-corrected chi connectivity index (χ2v) is 5.46. The second-order valence-electron chi connectivity index (χ2n) is 5.46. The van der Waals surface area contributed by atoms with Gasteiger partial charge in [-0.15, -0.1) is 0 Å². The van der Waals surface area contributed by atoms with E-state index in [1.807, 2.05) is 6.92 Å². The number of piperidine rings is 1. The number of carboxylic acid groups (broad SMARTS) is 1. The van der Waals surface area contributed by atoms with Gasteiger partial charge in [0.1, 0.15) is 6.04 Å². The summed E-state index contributed by atoms with van der Waals surface area (Å²) in [5, 5.41) is 28.3. The number of aliphatic carboxylic acids is 1. The van der Waals surface area contributed by atoms with E-state index in [9.17, 15) is 19.8 Å². The van der Waals surface area contributed by atoms with E-state index in [1.54, 1.807) is 4.90 Å². The first-order valence-corrected chi connectivity index (χ1v) is 6.54. The number of aliphatic hydroxyl groups excluding tert-OH is 2. The standard InChI is InChI=1S/C12H20N2O5/c1-7-5-13(3-2-10(7)16)12(19)14-6-8(15)4-9(14)11(17)18/h7-10,15-16H,2-6H2,1H3,(H,17,18)/t7?,8?,9-,10?/m0/s1. The zero-order valence-electron chi connectivity index (χ0n) is 10.9. The van der Waals surface area contributed by atoms with Crippen molar-refractivity contribution in [3.05, 3.63) is 0 Å². The molecule has 2 aliphatic heterocycles. The molecule has 0 spiro atoms. The molecule has 0 bridgehead atoms. The van der Waals surface area contributed by atoms with Crippen LogP contribution in [0.15, 0.2) is 0 Å². The summed E-state index contributed by atoms with van der Waals surface area (Å²) >= 11 is 0. The van der Waals surface area contributed by atoms with Gasteiger partial charge in [-0.3, -0.25) is 0 Å². The fourth-order valence-corrected chi connectivity index (χ4v) is 2.75. The van der Waals surface area contributed by atoms with Gasteiger partial charge in [-0.1, -0.05) is 6.92 Å². The van der Waals surface area contributed by atoms with Gasteiger partial charge in [0.2, 0.25) is 0 Å². The lowest BCUT2D eigenvalue weighted by Crippen LogP contribution is -2.53. The number of aliphatic hydroxyl groups is 2. The summed E-state index contributed by atoms with van der Waals surface area (Å²) in [5.41, 5.74) is 0. The number of nitrogens with zero attached hydrogens (tertiary/aromatic N) is 2. The molecule has 0 saturated carbocycles. The van der Waals surface area contributed by atoms with E-state index in [0.29, 0.717) is 19.5 Å². The maximum atomic E-state index is 12.3. The first-order valence-electron chi connectivity index (χ1n) is 6.54. The zero-order valence-corrected chi connectivity index (χ0v) is 10.9. The average molecular weight is 272 g/mol. The number of likely N-dealkylation sites (tertiary alicyclic amines) is 2. The molecular formula is C12H20N2O5. The predicted molar refractivity (Wildman–Crippen MR) is 65.5 cm³/mol. The van der Waals surface area contributed by atoms with Crippen LogP contribution in [-0.2, 0) is 4.79 Å². The van der Waals surface area contributed by atoms with E-state index in [0.717, 1.165) is 0 Å². The van der Waals surface area contributed by atoms with Gasteiger partial charge in [0.05, 0.1) is 12.2 Å². The molecule has 0 aromatic rings. The summed E-state index contributed by atoms with van der Waals surface area (Å²) in [6, 6.07) is -1.31. The van der Waals surface area contributed by atoms with Crippen LogP contribution in [-0.4, -0.2) is 75.0 Å². The lowest BCUT2D eigenvalue weighted by atomic mass is 9.97. The third-order valence-corrected chi connectivity index (χ3v) is 3.94. The molecule has 0 aromatic heterocycles. The van der Waals surface area contributed by atoms with Crippen LogP contribution in [0.5, 0.6) is 0 Å². The fourth-order valence-electron chi connectivity index (χ4n) is 2.75. The Labute approximate surface area is 111 Å². The fraction of sp³-hybridized carbons (Fsp3) is 0.833. The molecule has 7 nitrogen and oxygen atoms in total. The number of urea groups is 1. The molecule has 2 saturated heterocycles. The highest BCUT2D eigenvalue weighted by atomic mass is 16.4. The summed E-state index contributed by atoms with van der Waals surface area (Å²) < 4.78 is 0. The summed E-state index contributed by atoms with van der Waals surface area (Å²) in [6.45, 7) is 2.75. The minimum atomic E-state index is -1.09. The van der Waals surface area contributed by atoms with E-state index in [2.05, 4.69) is 0 Å². The molecule has 0 aromatic carbocycles. The molecule has 3 unspecified atom stereocenters. The van der Waals surface area contributed by atoms with E-state index in [4.69, 9.17) is 5.11 Å². The topological polar surface area (TPSA) is 101 Å². The van der Waals surface area contributed by atoms with Crippen LogP contribution < -0.4 is 0 Å². The average Bonchev–Trinajstić information content (AvgIpc) is 2.74. The van der Waals surface area contributed by atoms with Crippen LogP contribution in [0, 0.1) is 5.92 Å².